The minimum absolute atomic E-state index is 0.404. The molecule has 1 rings (SSSR count). The van der Waals surface area contributed by atoms with E-state index in [1.54, 1.807) is 0 Å². The van der Waals surface area contributed by atoms with Gasteiger partial charge in [0.15, 0.2) is 0 Å². The van der Waals surface area contributed by atoms with Crippen molar-refractivity contribution in [3.63, 3.8) is 0 Å². The lowest BCUT2D eigenvalue weighted by molar-refractivity contribution is -0.115. The maximum absolute atomic E-state index is 9.79. The minimum Gasteiger partial charge on any atom is -0.389 e. The maximum Gasteiger partial charge on any atom is 0.0900 e. The van der Waals surface area contributed by atoms with E-state index in [0.29, 0.717) is 26.2 Å². The van der Waals surface area contributed by atoms with Gasteiger partial charge in [-0.15, -0.1) is 0 Å². The summed E-state index contributed by atoms with van der Waals surface area (Å²) in [5, 5.41) is 19.5. The minimum atomic E-state index is -0.511. The molecular formula is C12H25NO3. The third kappa shape index (κ3) is 4.37. The molecule has 0 amide bonds. The highest BCUT2D eigenvalue weighted by Crippen LogP contribution is 2.23. The Morgan fingerprint density at radius 2 is 2.06 bits per heavy atom. The van der Waals surface area contributed by atoms with Crippen molar-refractivity contribution in [1.29, 1.82) is 0 Å². The first-order valence-electron chi connectivity index (χ1n) is 6.30. The molecule has 16 heavy (non-hydrogen) atoms. The summed E-state index contributed by atoms with van der Waals surface area (Å²) < 4.78 is 5.34. The van der Waals surface area contributed by atoms with E-state index in [9.17, 15) is 10.2 Å². The fourth-order valence-electron chi connectivity index (χ4n) is 1.96. The lowest BCUT2D eigenvalue weighted by Crippen LogP contribution is -2.62. The largest absolute Gasteiger partial charge is 0.389 e. The predicted octanol–water partition coefficient (Wildman–Crippen LogP) is 0.621. The molecule has 1 saturated heterocycles. The van der Waals surface area contributed by atoms with Crippen LogP contribution in [0.5, 0.6) is 0 Å². The van der Waals surface area contributed by atoms with Crippen molar-refractivity contribution in [3.8, 4) is 0 Å². The van der Waals surface area contributed by atoms with Gasteiger partial charge < -0.3 is 14.9 Å². The van der Waals surface area contributed by atoms with Crippen LogP contribution in [0.1, 0.15) is 33.1 Å². The highest BCUT2D eigenvalue weighted by Gasteiger charge is 2.39. The van der Waals surface area contributed by atoms with Gasteiger partial charge in [-0.05, 0) is 12.8 Å². The van der Waals surface area contributed by atoms with Crippen molar-refractivity contribution >= 4 is 0 Å². The fraction of sp³-hybridized carbons (Fsp3) is 1.00. The summed E-state index contributed by atoms with van der Waals surface area (Å²) in [6, 6.07) is 0. The first-order valence-corrected chi connectivity index (χ1v) is 6.30. The molecule has 4 heteroatoms. The molecule has 0 radical (unpaired) electrons. The molecule has 0 aliphatic carbocycles. The number of β-amino-alcohol motifs (C(OH)–C–C–N with tert-alkyl or cyclic N) is 2. The molecule has 0 aromatic heterocycles. The number of rotatable bonds is 8. The van der Waals surface area contributed by atoms with E-state index in [4.69, 9.17) is 4.74 Å². The number of aliphatic hydroxyl groups is 2. The van der Waals surface area contributed by atoms with Crippen molar-refractivity contribution < 1.29 is 14.9 Å². The zero-order valence-electron chi connectivity index (χ0n) is 10.5. The highest BCUT2D eigenvalue weighted by molar-refractivity contribution is 4.94. The Morgan fingerprint density at radius 3 is 2.62 bits per heavy atom. The molecule has 0 saturated carbocycles. The Labute approximate surface area is 98.2 Å². The van der Waals surface area contributed by atoms with Gasteiger partial charge in [0.1, 0.15) is 0 Å². The lowest BCUT2D eigenvalue weighted by Gasteiger charge is -2.46. The van der Waals surface area contributed by atoms with Crippen molar-refractivity contribution in [2.75, 3.05) is 32.8 Å². The summed E-state index contributed by atoms with van der Waals surface area (Å²) in [5.74, 6) is 0. The molecular weight excluding hydrogens is 206 g/mol. The SMILES string of the molecule is CCCCOCC(O)CN1CC(O)(CC)C1. The third-order valence-electron chi connectivity index (χ3n) is 3.12. The molecule has 4 nitrogen and oxygen atoms in total. The van der Waals surface area contributed by atoms with Crippen molar-refractivity contribution in [2.24, 2.45) is 0 Å². The smallest absolute Gasteiger partial charge is 0.0900 e. The lowest BCUT2D eigenvalue weighted by atomic mass is 9.91. The number of aliphatic hydroxyl groups excluding tert-OH is 1. The summed E-state index contributed by atoms with van der Waals surface area (Å²) in [6.07, 6.45) is 2.52. The molecule has 1 fully saturated rings. The third-order valence-corrected chi connectivity index (χ3v) is 3.12. The maximum atomic E-state index is 9.79. The van der Waals surface area contributed by atoms with Crippen LogP contribution in [-0.2, 0) is 4.74 Å². The summed E-state index contributed by atoms with van der Waals surface area (Å²) in [5.41, 5.74) is -0.511. The van der Waals surface area contributed by atoms with Crippen LogP contribution in [0.3, 0.4) is 0 Å². The molecule has 1 atom stereocenters. The van der Waals surface area contributed by atoms with Gasteiger partial charge in [0.2, 0.25) is 0 Å². The van der Waals surface area contributed by atoms with Crippen molar-refractivity contribution in [1.82, 2.24) is 4.90 Å². The van der Waals surface area contributed by atoms with Gasteiger partial charge in [0.25, 0.3) is 0 Å². The van der Waals surface area contributed by atoms with Crippen LogP contribution in [0.2, 0.25) is 0 Å². The van der Waals surface area contributed by atoms with Gasteiger partial charge in [-0.3, -0.25) is 4.90 Å². The summed E-state index contributed by atoms with van der Waals surface area (Å²) in [7, 11) is 0. The van der Waals surface area contributed by atoms with E-state index >= 15 is 0 Å². The van der Waals surface area contributed by atoms with Gasteiger partial charge >= 0.3 is 0 Å². The second-order valence-electron chi connectivity index (χ2n) is 4.83. The molecule has 1 aliphatic heterocycles. The molecule has 0 bridgehead atoms. The first-order chi connectivity index (χ1) is 7.59. The van der Waals surface area contributed by atoms with E-state index in [1.165, 1.54) is 0 Å². The summed E-state index contributed by atoms with van der Waals surface area (Å²) in [6.45, 7) is 7.19. The Balaban J connectivity index is 2.01. The normalized spacial score (nSPS) is 21.8. The van der Waals surface area contributed by atoms with Crippen LogP contribution >= 0.6 is 0 Å². The van der Waals surface area contributed by atoms with Crippen LogP contribution in [0.25, 0.3) is 0 Å². The molecule has 1 heterocycles. The fourth-order valence-corrected chi connectivity index (χ4v) is 1.96. The second-order valence-corrected chi connectivity index (χ2v) is 4.83. The van der Waals surface area contributed by atoms with Crippen LogP contribution in [0.15, 0.2) is 0 Å². The number of nitrogens with zero attached hydrogens (tertiary/aromatic N) is 1. The van der Waals surface area contributed by atoms with Crippen LogP contribution in [0, 0.1) is 0 Å². The molecule has 96 valence electrons. The van der Waals surface area contributed by atoms with Crippen molar-refractivity contribution in [2.45, 2.75) is 44.8 Å². The Bertz CT molecular complexity index is 193. The average molecular weight is 231 g/mol. The molecule has 1 unspecified atom stereocenters. The molecule has 1 aliphatic rings. The number of ether oxygens (including phenoxy) is 1. The number of likely N-dealkylation sites (tertiary alicyclic amines) is 1. The quantitative estimate of drug-likeness (QED) is 0.601. The number of hydrogen-bond donors (Lipinski definition) is 2. The topological polar surface area (TPSA) is 52.9 Å². The summed E-state index contributed by atoms with van der Waals surface area (Å²) in [4.78, 5) is 2.07. The Hall–Kier alpha value is -0.160. The molecule has 0 spiro atoms. The molecule has 0 aromatic carbocycles. The van der Waals surface area contributed by atoms with Crippen LogP contribution < -0.4 is 0 Å². The van der Waals surface area contributed by atoms with E-state index in [2.05, 4.69) is 11.8 Å². The van der Waals surface area contributed by atoms with Gasteiger partial charge in [-0.2, -0.15) is 0 Å². The number of unbranched alkanes of at least 4 members (excludes halogenated alkanes) is 1. The summed E-state index contributed by atoms with van der Waals surface area (Å²) >= 11 is 0. The molecule has 0 aromatic rings. The van der Waals surface area contributed by atoms with Gasteiger partial charge in [0.05, 0.1) is 18.3 Å². The number of hydrogen-bond acceptors (Lipinski definition) is 4. The van der Waals surface area contributed by atoms with Crippen molar-refractivity contribution in [3.05, 3.63) is 0 Å². The van der Waals surface area contributed by atoms with Crippen LogP contribution in [0.4, 0.5) is 0 Å². The predicted molar refractivity (Wildman–Crippen MR) is 63.4 cm³/mol. The Kier molecular flexibility index (Phi) is 5.69. The van der Waals surface area contributed by atoms with Gasteiger partial charge in [-0.25, -0.2) is 0 Å². The van der Waals surface area contributed by atoms with E-state index < -0.39 is 11.7 Å². The van der Waals surface area contributed by atoms with E-state index in [-0.39, 0.29) is 0 Å². The first kappa shape index (κ1) is 13.9. The molecule has 2 N–H and O–H groups in total. The second kappa shape index (κ2) is 6.55. The average Bonchev–Trinajstić information content (AvgIpc) is 2.22. The zero-order valence-corrected chi connectivity index (χ0v) is 10.5. The van der Waals surface area contributed by atoms with Crippen LogP contribution in [-0.4, -0.2) is 59.7 Å². The monoisotopic (exact) mass is 231 g/mol. The van der Waals surface area contributed by atoms with Gasteiger partial charge in [0, 0.05) is 26.2 Å². The highest BCUT2D eigenvalue weighted by atomic mass is 16.5. The van der Waals surface area contributed by atoms with E-state index in [1.807, 2.05) is 6.92 Å². The zero-order chi connectivity index (χ0) is 12.0. The van der Waals surface area contributed by atoms with Gasteiger partial charge in [-0.1, -0.05) is 20.3 Å². The standard InChI is InChI=1S/C12H25NO3/c1-3-5-6-16-8-11(14)7-13-9-12(15,4-2)10-13/h11,14-15H,3-10H2,1-2H3. The Morgan fingerprint density at radius 1 is 1.38 bits per heavy atom. The van der Waals surface area contributed by atoms with E-state index in [0.717, 1.165) is 25.9 Å².